The average Bonchev–Trinajstić information content (AvgIpc) is 2.49. The highest BCUT2D eigenvalue weighted by molar-refractivity contribution is 7.99. The molecule has 20 heavy (non-hydrogen) atoms. The van der Waals surface area contributed by atoms with Crippen LogP contribution < -0.4 is 5.32 Å². The van der Waals surface area contributed by atoms with Crippen molar-refractivity contribution in [3.63, 3.8) is 0 Å². The topological polar surface area (TPSA) is 32.3 Å². The Morgan fingerprint density at radius 2 is 2.30 bits per heavy atom. The maximum absolute atomic E-state index is 13.4. The number of hydrogen-bond acceptors (Lipinski definition) is 3. The molecule has 1 N–H and O–H groups in total. The van der Waals surface area contributed by atoms with Crippen LogP contribution in [0.5, 0.6) is 0 Å². The number of halogens is 1. The summed E-state index contributed by atoms with van der Waals surface area (Å²) in [7, 11) is 1.94. The third kappa shape index (κ3) is 4.21. The summed E-state index contributed by atoms with van der Waals surface area (Å²) in [5.41, 5.74) is 0. The van der Waals surface area contributed by atoms with E-state index in [9.17, 15) is 9.18 Å². The third-order valence-electron chi connectivity index (χ3n) is 3.59. The molecule has 1 saturated heterocycles. The lowest BCUT2D eigenvalue weighted by molar-refractivity contribution is -0.132. The second-order valence-corrected chi connectivity index (χ2v) is 6.13. The average molecular weight is 296 g/mol. The zero-order valence-electron chi connectivity index (χ0n) is 11.8. The molecule has 1 heterocycles. The number of rotatable bonds is 5. The molecule has 0 aliphatic carbocycles. The number of hydrogen-bond donors (Lipinski definition) is 1. The number of nitrogens with zero attached hydrogens (tertiary/aromatic N) is 1. The van der Waals surface area contributed by atoms with E-state index >= 15 is 0 Å². The van der Waals surface area contributed by atoms with Crippen LogP contribution in [0.25, 0.3) is 0 Å². The van der Waals surface area contributed by atoms with E-state index in [1.807, 2.05) is 18.0 Å². The van der Waals surface area contributed by atoms with E-state index in [1.54, 1.807) is 12.1 Å². The van der Waals surface area contributed by atoms with Gasteiger partial charge in [-0.15, -0.1) is 11.8 Å². The van der Waals surface area contributed by atoms with Crippen molar-refractivity contribution in [3.8, 4) is 0 Å². The summed E-state index contributed by atoms with van der Waals surface area (Å²) in [6.07, 6.45) is 2.65. The molecule has 1 aliphatic heterocycles. The first kappa shape index (κ1) is 15.3. The molecule has 0 radical (unpaired) electrons. The number of nitrogens with one attached hydrogen (secondary N) is 1. The van der Waals surface area contributed by atoms with Crippen LogP contribution in [-0.2, 0) is 4.79 Å². The van der Waals surface area contributed by atoms with Gasteiger partial charge in [0.15, 0.2) is 0 Å². The molecule has 5 heteroatoms. The predicted molar refractivity (Wildman–Crippen MR) is 80.4 cm³/mol. The second kappa shape index (κ2) is 7.64. The first-order valence-corrected chi connectivity index (χ1v) is 8.01. The van der Waals surface area contributed by atoms with E-state index in [0.717, 1.165) is 25.9 Å². The summed E-state index contributed by atoms with van der Waals surface area (Å²) in [6, 6.07) is 7.10. The van der Waals surface area contributed by atoms with Crippen molar-refractivity contribution < 1.29 is 9.18 Å². The van der Waals surface area contributed by atoms with E-state index in [-0.39, 0.29) is 11.7 Å². The number of likely N-dealkylation sites (N-methyl/N-ethyl adjacent to an activating group) is 1. The molecule has 1 aliphatic rings. The molecular formula is C15H21FN2OS. The Bertz CT molecular complexity index is 455. The molecule has 0 spiro atoms. The molecule has 0 aromatic heterocycles. The monoisotopic (exact) mass is 296 g/mol. The van der Waals surface area contributed by atoms with Gasteiger partial charge in [0.05, 0.1) is 0 Å². The summed E-state index contributed by atoms with van der Waals surface area (Å²) in [5, 5.41) is 3.23. The molecule has 1 fully saturated rings. The van der Waals surface area contributed by atoms with Crippen LogP contribution in [0.3, 0.4) is 0 Å². The second-order valence-electron chi connectivity index (χ2n) is 5.00. The Labute approximate surface area is 123 Å². The maximum atomic E-state index is 13.4. The number of benzene rings is 1. The first-order valence-electron chi connectivity index (χ1n) is 7.03. The highest BCUT2D eigenvalue weighted by Crippen LogP contribution is 2.22. The molecule has 1 unspecified atom stereocenters. The Balaban J connectivity index is 1.76. The molecule has 2 rings (SSSR count). The van der Waals surface area contributed by atoms with Crippen LogP contribution in [0.2, 0.25) is 0 Å². The largest absolute Gasteiger partial charge is 0.341 e. The van der Waals surface area contributed by atoms with E-state index in [0.29, 0.717) is 23.1 Å². The zero-order valence-corrected chi connectivity index (χ0v) is 12.6. The number of likely N-dealkylation sites (tertiary alicyclic amines) is 1. The van der Waals surface area contributed by atoms with Crippen molar-refractivity contribution in [2.24, 2.45) is 0 Å². The lowest BCUT2D eigenvalue weighted by Gasteiger charge is -2.32. The maximum Gasteiger partial charge on any atom is 0.223 e. The Hall–Kier alpha value is -1.07. The molecule has 1 amide bonds. The van der Waals surface area contributed by atoms with E-state index in [1.165, 1.54) is 17.8 Å². The van der Waals surface area contributed by atoms with Crippen LogP contribution in [-0.4, -0.2) is 42.7 Å². The molecule has 3 nitrogen and oxygen atoms in total. The first-order chi connectivity index (χ1) is 9.70. The number of thioether (sulfide) groups is 1. The lowest BCUT2D eigenvalue weighted by Crippen LogP contribution is -2.47. The van der Waals surface area contributed by atoms with Gasteiger partial charge in [-0.1, -0.05) is 12.1 Å². The number of carbonyl (C=O) groups is 1. The van der Waals surface area contributed by atoms with Crippen LogP contribution >= 0.6 is 11.8 Å². The fourth-order valence-electron chi connectivity index (χ4n) is 2.41. The van der Waals surface area contributed by atoms with Crippen LogP contribution in [0.4, 0.5) is 4.39 Å². The molecule has 1 atom stereocenters. The SMILES string of the molecule is CNC1CCCN(C(=O)CCSc2ccccc2F)C1. The Morgan fingerprint density at radius 1 is 1.50 bits per heavy atom. The smallest absolute Gasteiger partial charge is 0.223 e. The highest BCUT2D eigenvalue weighted by atomic mass is 32.2. The van der Waals surface area contributed by atoms with Crippen LogP contribution in [0.1, 0.15) is 19.3 Å². The summed E-state index contributed by atoms with van der Waals surface area (Å²) < 4.78 is 13.4. The van der Waals surface area contributed by atoms with Crippen molar-refractivity contribution >= 4 is 17.7 Å². The van der Waals surface area contributed by atoms with Gasteiger partial charge in [-0.3, -0.25) is 4.79 Å². The summed E-state index contributed by atoms with van der Waals surface area (Å²) >= 11 is 1.41. The summed E-state index contributed by atoms with van der Waals surface area (Å²) in [5.74, 6) is 0.590. The fraction of sp³-hybridized carbons (Fsp3) is 0.533. The van der Waals surface area contributed by atoms with Gasteiger partial charge >= 0.3 is 0 Å². The minimum absolute atomic E-state index is 0.175. The standard InChI is InChI=1S/C15H21FN2OS/c1-17-12-5-4-9-18(11-12)15(19)8-10-20-14-7-3-2-6-13(14)16/h2-3,6-7,12,17H,4-5,8-11H2,1H3. The van der Waals surface area contributed by atoms with E-state index < -0.39 is 0 Å². The molecule has 0 bridgehead atoms. The lowest BCUT2D eigenvalue weighted by atomic mass is 10.1. The van der Waals surface area contributed by atoms with Gasteiger partial charge in [-0.25, -0.2) is 4.39 Å². The minimum Gasteiger partial charge on any atom is -0.341 e. The van der Waals surface area contributed by atoms with Crippen molar-refractivity contribution in [2.45, 2.75) is 30.2 Å². The van der Waals surface area contributed by atoms with Crippen molar-refractivity contribution in [2.75, 3.05) is 25.9 Å². The van der Waals surface area contributed by atoms with Crippen molar-refractivity contribution in [1.82, 2.24) is 10.2 Å². The Morgan fingerprint density at radius 3 is 3.05 bits per heavy atom. The van der Waals surface area contributed by atoms with Gasteiger partial charge in [0.2, 0.25) is 5.91 Å². The summed E-state index contributed by atoms with van der Waals surface area (Å²) in [6.45, 7) is 1.64. The van der Waals surface area contributed by atoms with Gasteiger partial charge in [0.25, 0.3) is 0 Å². The quantitative estimate of drug-likeness (QED) is 0.848. The number of piperidine rings is 1. The van der Waals surface area contributed by atoms with Gasteiger partial charge in [0, 0.05) is 36.2 Å². The van der Waals surface area contributed by atoms with Gasteiger partial charge in [-0.05, 0) is 32.0 Å². The van der Waals surface area contributed by atoms with Gasteiger partial charge in [0.1, 0.15) is 5.82 Å². The summed E-state index contributed by atoms with van der Waals surface area (Å²) in [4.78, 5) is 14.7. The normalized spacial score (nSPS) is 19.1. The number of carbonyl (C=O) groups excluding carboxylic acids is 1. The third-order valence-corrected chi connectivity index (χ3v) is 4.64. The van der Waals surface area contributed by atoms with Gasteiger partial charge in [-0.2, -0.15) is 0 Å². The molecular weight excluding hydrogens is 275 g/mol. The minimum atomic E-state index is -0.210. The van der Waals surface area contributed by atoms with E-state index in [2.05, 4.69) is 5.32 Å². The number of amides is 1. The van der Waals surface area contributed by atoms with Gasteiger partial charge < -0.3 is 10.2 Å². The van der Waals surface area contributed by atoms with Crippen LogP contribution in [0.15, 0.2) is 29.2 Å². The van der Waals surface area contributed by atoms with E-state index in [4.69, 9.17) is 0 Å². The van der Waals surface area contributed by atoms with Crippen molar-refractivity contribution in [1.29, 1.82) is 0 Å². The molecule has 1 aromatic rings. The fourth-order valence-corrected chi connectivity index (χ4v) is 3.28. The predicted octanol–water partition coefficient (Wildman–Crippen LogP) is 2.52. The highest BCUT2D eigenvalue weighted by Gasteiger charge is 2.22. The molecule has 0 saturated carbocycles. The Kier molecular flexibility index (Phi) is 5.86. The zero-order chi connectivity index (χ0) is 14.4. The molecule has 110 valence electrons. The van der Waals surface area contributed by atoms with Crippen LogP contribution in [0, 0.1) is 5.82 Å². The van der Waals surface area contributed by atoms with Crippen molar-refractivity contribution in [3.05, 3.63) is 30.1 Å². The molecule has 1 aromatic carbocycles.